The Morgan fingerprint density at radius 1 is 1.24 bits per heavy atom. The van der Waals surface area contributed by atoms with Crippen molar-refractivity contribution in [1.29, 1.82) is 0 Å². The van der Waals surface area contributed by atoms with Crippen molar-refractivity contribution in [3.05, 3.63) is 29.3 Å². The Morgan fingerprint density at radius 3 is 2.61 bits per heavy atom. The fourth-order valence-electron chi connectivity index (χ4n) is 4.02. The Kier molecular flexibility index (Phi) is 5.98. The van der Waals surface area contributed by atoms with Gasteiger partial charge in [0, 0.05) is 11.4 Å². The van der Waals surface area contributed by atoms with Gasteiger partial charge in [-0.3, -0.25) is 0 Å². The number of nitrogens with zero attached hydrogens (tertiary/aromatic N) is 3. The second kappa shape index (κ2) is 8.48. The van der Waals surface area contributed by atoms with Crippen LogP contribution in [0.4, 0.5) is 19.2 Å². The monoisotopic (exact) mass is 464 g/mol. The number of alkyl halides is 3. The molecule has 0 radical (unpaired) electrons. The molecule has 0 bridgehead atoms. The molecule has 1 aliphatic carbocycles. The molecule has 178 valence electrons. The van der Waals surface area contributed by atoms with Crippen LogP contribution in [0.25, 0.3) is 22.5 Å². The maximum Gasteiger partial charge on any atom is 0.316 e. The molecule has 0 atom stereocenters. The average Bonchev–Trinajstić information content (AvgIpc) is 3.18. The van der Waals surface area contributed by atoms with Crippen molar-refractivity contribution in [2.45, 2.75) is 64.0 Å². The Bertz CT molecular complexity index is 1150. The first kappa shape index (κ1) is 23.3. The van der Waals surface area contributed by atoms with Crippen LogP contribution in [-0.4, -0.2) is 51.6 Å². The zero-order valence-corrected chi connectivity index (χ0v) is 19.0. The summed E-state index contributed by atoms with van der Waals surface area (Å²) in [5.74, 6) is 0.573. The van der Waals surface area contributed by atoms with Gasteiger partial charge in [0.2, 0.25) is 0 Å². The standard InChI is InChI=1S/C23H27F3N4O3/c1-12-5-17(20-29-30-21(33-20)27-13-8-23(31,9-13)11-24)28-19-15(12)6-14(32-10-18(25)26)7-16(19)22(2,3)4/h5-7,13,18,31H,8-11H2,1-4H3,(H,27,30). The first-order valence-electron chi connectivity index (χ1n) is 10.7. The van der Waals surface area contributed by atoms with Gasteiger partial charge in [0.05, 0.1) is 11.1 Å². The number of fused-ring (bicyclic) bond motifs is 1. The summed E-state index contributed by atoms with van der Waals surface area (Å²) in [6.07, 6.45) is -2.04. The van der Waals surface area contributed by atoms with E-state index in [-0.39, 0.29) is 36.2 Å². The Morgan fingerprint density at radius 2 is 1.97 bits per heavy atom. The molecule has 0 spiro atoms. The summed E-state index contributed by atoms with van der Waals surface area (Å²) in [5.41, 5.74) is 1.25. The highest BCUT2D eigenvalue weighted by atomic mass is 19.3. The molecule has 4 rings (SSSR count). The number of halogens is 3. The second-order valence-electron chi connectivity index (χ2n) is 9.66. The van der Waals surface area contributed by atoms with Crippen LogP contribution in [0.5, 0.6) is 5.75 Å². The zero-order valence-electron chi connectivity index (χ0n) is 19.0. The van der Waals surface area contributed by atoms with Crippen molar-refractivity contribution in [1.82, 2.24) is 15.2 Å². The van der Waals surface area contributed by atoms with Gasteiger partial charge in [-0.25, -0.2) is 18.2 Å². The summed E-state index contributed by atoms with van der Waals surface area (Å²) in [7, 11) is 0. The summed E-state index contributed by atoms with van der Waals surface area (Å²) in [5, 5.41) is 21.7. The third-order valence-corrected chi connectivity index (χ3v) is 5.75. The number of pyridine rings is 1. The Balaban J connectivity index is 1.66. The van der Waals surface area contributed by atoms with E-state index < -0.39 is 25.3 Å². The predicted octanol–water partition coefficient (Wildman–Crippen LogP) is 4.81. The minimum absolute atomic E-state index is 0.149. The highest BCUT2D eigenvalue weighted by molar-refractivity contribution is 5.89. The van der Waals surface area contributed by atoms with E-state index in [4.69, 9.17) is 14.1 Å². The van der Waals surface area contributed by atoms with Gasteiger partial charge >= 0.3 is 6.01 Å². The van der Waals surface area contributed by atoms with E-state index in [2.05, 4.69) is 15.5 Å². The number of aliphatic hydroxyl groups is 1. The predicted molar refractivity (Wildman–Crippen MR) is 118 cm³/mol. The van der Waals surface area contributed by atoms with Crippen molar-refractivity contribution in [3.8, 4) is 17.3 Å². The van der Waals surface area contributed by atoms with E-state index in [0.29, 0.717) is 17.0 Å². The summed E-state index contributed by atoms with van der Waals surface area (Å²) >= 11 is 0. The summed E-state index contributed by atoms with van der Waals surface area (Å²) in [6.45, 7) is 6.45. The number of ether oxygens (including phenoxy) is 1. The van der Waals surface area contributed by atoms with E-state index in [0.717, 1.165) is 16.5 Å². The highest BCUT2D eigenvalue weighted by Gasteiger charge is 2.43. The van der Waals surface area contributed by atoms with Crippen molar-refractivity contribution >= 4 is 16.9 Å². The number of aromatic nitrogens is 3. The van der Waals surface area contributed by atoms with Gasteiger partial charge in [-0.15, -0.1) is 5.10 Å². The number of hydrogen-bond acceptors (Lipinski definition) is 7. The van der Waals surface area contributed by atoms with Crippen LogP contribution in [0.2, 0.25) is 0 Å². The minimum atomic E-state index is -2.56. The lowest BCUT2D eigenvalue weighted by atomic mass is 9.77. The van der Waals surface area contributed by atoms with E-state index in [1.165, 1.54) is 0 Å². The number of hydrogen-bond donors (Lipinski definition) is 2. The minimum Gasteiger partial charge on any atom is -0.488 e. The van der Waals surface area contributed by atoms with Crippen LogP contribution in [0, 0.1) is 6.92 Å². The molecule has 2 aromatic heterocycles. The molecule has 1 saturated carbocycles. The lowest BCUT2D eigenvalue weighted by Crippen LogP contribution is -2.52. The third-order valence-electron chi connectivity index (χ3n) is 5.75. The second-order valence-corrected chi connectivity index (χ2v) is 9.66. The Labute approximate surface area is 189 Å². The summed E-state index contributed by atoms with van der Waals surface area (Å²) in [6, 6.07) is 5.26. The molecule has 2 N–H and O–H groups in total. The molecule has 33 heavy (non-hydrogen) atoms. The van der Waals surface area contributed by atoms with Gasteiger partial charge in [0.15, 0.2) is 0 Å². The number of nitrogens with one attached hydrogen (secondary N) is 1. The summed E-state index contributed by atoms with van der Waals surface area (Å²) in [4.78, 5) is 4.75. The molecule has 3 aromatic rings. The van der Waals surface area contributed by atoms with Gasteiger partial charge < -0.3 is 19.6 Å². The molecular weight excluding hydrogens is 437 g/mol. The van der Waals surface area contributed by atoms with Gasteiger partial charge in [0.25, 0.3) is 12.3 Å². The first-order valence-corrected chi connectivity index (χ1v) is 10.7. The maximum absolute atomic E-state index is 12.8. The number of rotatable bonds is 7. The summed E-state index contributed by atoms with van der Waals surface area (Å²) < 4.78 is 49.1. The van der Waals surface area contributed by atoms with E-state index in [9.17, 15) is 18.3 Å². The van der Waals surface area contributed by atoms with Gasteiger partial charge in [-0.05, 0) is 54.5 Å². The maximum atomic E-state index is 12.8. The Hall–Kier alpha value is -2.88. The van der Waals surface area contributed by atoms with Crippen LogP contribution in [-0.2, 0) is 5.41 Å². The van der Waals surface area contributed by atoms with Gasteiger partial charge in [-0.1, -0.05) is 25.9 Å². The molecule has 1 fully saturated rings. The van der Waals surface area contributed by atoms with Crippen LogP contribution in [0.15, 0.2) is 22.6 Å². The molecule has 0 amide bonds. The number of anilines is 1. The highest BCUT2D eigenvalue weighted by Crippen LogP contribution is 2.37. The van der Waals surface area contributed by atoms with Crippen molar-refractivity contribution < 1.29 is 27.4 Å². The van der Waals surface area contributed by atoms with Crippen LogP contribution in [0.3, 0.4) is 0 Å². The molecule has 1 aliphatic rings. The number of aryl methyl sites for hydroxylation is 1. The molecule has 7 nitrogen and oxygen atoms in total. The fourth-order valence-corrected chi connectivity index (χ4v) is 4.02. The normalized spacial score (nSPS) is 20.8. The lowest BCUT2D eigenvalue weighted by Gasteiger charge is -2.41. The van der Waals surface area contributed by atoms with Crippen molar-refractivity contribution in [2.75, 3.05) is 18.6 Å². The quantitative estimate of drug-likeness (QED) is 0.518. The van der Waals surface area contributed by atoms with Gasteiger partial charge in [-0.2, -0.15) is 0 Å². The van der Waals surface area contributed by atoms with Crippen molar-refractivity contribution in [2.24, 2.45) is 0 Å². The third kappa shape index (κ3) is 4.90. The SMILES string of the molecule is Cc1cc(-c2nnc(NC3CC(O)(CF)C3)o2)nc2c(C(C)(C)C)cc(OCC(F)F)cc12. The zero-order chi connectivity index (χ0) is 24.0. The molecule has 0 unspecified atom stereocenters. The largest absolute Gasteiger partial charge is 0.488 e. The van der Waals surface area contributed by atoms with E-state index in [1.807, 2.05) is 27.7 Å². The van der Waals surface area contributed by atoms with Crippen LogP contribution >= 0.6 is 0 Å². The lowest BCUT2D eigenvalue weighted by molar-refractivity contribution is -0.0592. The average molecular weight is 464 g/mol. The van der Waals surface area contributed by atoms with E-state index in [1.54, 1.807) is 18.2 Å². The van der Waals surface area contributed by atoms with E-state index >= 15 is 0 Å². The molecule has 0 saturated heterocycles. The van der Waals surface area contributed by atoms with Gasteiger partial charge in [0.1, 0.15) is 24.7 Å². The smallest absolute Gasteiger partial charge is 0.316 e. The molecular formula is C23H27F3N4O3. The topological polar surface area (TPSA) is 93.3 Å². The molecule has 2 heterocycles. The first-order chi connectivity index (χ1) is 15.5. The molecule has 10 heteroatoms. The number of benzene rings is 1. The van der Waals surface area contributed by atoms with Crippen LogP contribution in [0.1, 0.15) is 44.7 Å². The molecule has 1 aromatic carbocycles. The van der Waals surface area contributed by atoms with Crippen LogP contribution < -0.4 is 10.1 Å². The molecule has 0 aliphatic heterocycles. The van der Waals surface area contributed by atoms with Crippen molar-refractivity contribution in [3.63, 3.8) is 0 Å². The fraction of sp³-hybridized carbons (Fsp3) is 0.522.